The SMILES string of the molecule is NCC(=O)N1C[C@H](NC(=O)c2cncnc2)C[C@H]1C(=O)O. The van der Waals surface area contributed by atoms with Crippen molar-refractivity contribution in [1.29, 1.82) is 0 Å². The number of aliphatic carboxylic acids is 1. The van der Waals surface area contributed by atoms with Crippen LogP contribution in [0.25, 0.3) is 0 Å². The molecule has 1 aromatic heterocycles. The van der Waals surface area contributed by atoms with Gasteiger partial charge in [-0.3, -0.25) is 9.59 Å². The molecule has 0 aliphatic carbocycles. The number of rotatable bonds is 4. The fourth-order valence-corrected chi connectivity index (χ4v) is 2.25. The zero-order valence-corrected chi connectivity index (χ0v) is 11.1. The first-order valence-electron chi connectivity index (χ1n) is 6.31. The minimum atomic E-state index is -1.11. The lowest BCUT2D eigenvalue weighted by molar-refractivity contribution is -0.147. The van der Waals surface area contributed by atoms with Gasteiger partial charge in [-0.25, -0.2) is 14.8 Å². The van der Waals surface area contributed by atoms with Crippen LogP contribution in [0.1, 0.15) is 16.8 Å². The fraction of sp³-hybridized carbons (Fsp3) is 0.417. The molecule has 2 atom stereocenters. The second kappa shape index (κ2) is 6.27. The molecule has 9 nitrogen and oxygen atoms in total. The number of nitrogens with one attached hydrogen (secondary N) is 1. The van der Waals surface area contributed by atoms with E-state index in [0.717, 1.165) is 0 Å². The molecular weight excluding hydrogens is 278 g/mol. The molecular formula is C12H15N5O4. The van der Waals surface area contributed by atoms with Gasteiger partial charge in [-0.05, 0) is 0 Å². The van der Waals surface area contributed by atoms with Crippen LogP contribution in [0.4, 0.5) is 0 Å². The van der Waals surface area contributed by atoms with Crippen LogP contribution in [0, 0.1) is 0 Å². The highest BCUT2D eigenvalue weighted by Crippen LogP contribution is 2.18. The van der Waals surface area contributed by atoms with E-state index in [2.05, 4.69) is 15.3 Å². The minimum absolute atomic E-state index is 0.117. The zero-order valence-electron chi connectivity index (χ0n) is 11.1. The maximum atomic E-state index is 12.0. The zero-order chi connectivity index (χ0) is 15.4. The second-order valence-electron chi connectivity index (χ2n) is 4.64. The highest BCUT2D eigenvalue weighted by Gasteiger charge is 2.39. The van der Waals surface area contributed by atoms with Crippen molar-refractivity contribution < 1.29 is 19.5 Å². The average Bonchev–Trinajstić information content (AvgIpc) is 2.91. The third-order valence-corrected chi connectivity index (χ3v) is 3.24. The summed E-state index contributed by atoms with van der Waals surface area (Å²) in [7, 11) is 0. The molecule has 1 aliphatic heterocycles. The van der Waals surface area contributed by atoms with Gasteiger partial charge in [0.1, 0.15) is 12.4 Å². The smallest absolute Gasteiger partial charge is 0.326 e. The maximum absolute atomic E-state index is 12.0. The Bertz CT molecular complexity index is 550. The molecule has 9 heteroatoms. The Morgan fingerprint density at radius 3 is 2.62 bits per heavy atom. The highest BCUT2D eigenvalue weighted by molar-refractivity contribution is 5.94. The number of carbonyl (C=O) groups excluding carboxylic acids is 2. The van der Waals surface area contributed by atoms with Gasteiger partial charge in [0.25, 0.3) is 5.91 Å². The lowest BCUT2D eigenvalue weighted by atomic mass is 10.1. The summed E-state index contributed by atoms with van der Waals surface area (Å²) in [5.41, 5.74) is 5.54. The van der Waals surface area contributed by atoms with E-state index in [1.54, 1.807) is 0 Å². The predicted octanol–water partition coefficient (Wildman–Crippen LogP) is -1.78. The Morgan fingerprint density at radius 1 is 1.38 bits per heavy atom. The van der Waals surface area contributed by atoms with Gasteiger partial charge < -0.3 is 21.1 Å². The van der Waals surface area contributed by atoms with E-state index in [-0.39, 0.29) is 25.1 Å². The molecule has 0 unspecified atom stereocenters. The monoisotopic (exact) mass is 293 g/mol. The summed E-state index contributed by atoms with van der Waals surface area (Å²) in [6.45, 7) is -0.149. The van der Waals surface area contributed by atoms with Crippen molar-refractivity contribution in [1.82, 2.24) is 20.2 Å². The molecule has 0 saturated carbocycles. The number of carboxylic acids is 1. The Morgan fingerprint density at radius 2 is 2.05 bits per heavy atom. The van der Waals surface area contributed by atoms with Gasteiger partial charge in [0.15, 0.2) is 0 Å². The number of amides is 2. The van der Waals surface area contributed by atoms with Crippen LogP contribution in [0.3, 0.4) is 0 Å². The van der Waals surface area contributed by atoms with Crippen LogP contribution in [-0.4, -0.2) is 62.9 Å². The summed E-state index contributed by atoms with van der Waals surface area (Å²) in [4.78, 5) is 43.4. The van der Waals surface area contributed by atoms with Crippen LogP contribution < -0.4 is 11.1 Å². The molecule has 21 heavy (non-hydrogen) atoms. The summed E-state index contributed by atoms with van der Waals surface area (Å²) >= 11 is 0. The molecule has 0 radical (unpaired) electrons. The predicted molar refractivity (Wildman–Crippen MR) is 70.1 cm³/mol. The van der Waals surface area contributed by atoms with Gasteiger partial charge in [-0.1, -0.05) is 0 Å². The molecule has 2 heterocycles. The number of hydrogen-bond donors (Lipinski definition) is 3. The number of aromatic nitrogens is 2. The summed E-state index contributed by atoms with van der Waals surface area (Å²) in [5, 5.41) is 11.8. The van der Waals surface area contributed by atoms with E-state index in [0.29, 0.717) is 0 Å². The van der Waals surface area contributed by atoms with Crippen molar-refractivity contribution in [2.75, 3.05) is 13.1 Å². The number of carboxylic acid groups (broad SMARTS) is 1. The molecule has 2 amide bonds. The van der Waals surface area contributed by atoms with Crippen LogP contribution >= 0.6 is 0 Å². The molecule has 1 aromatic rings. The molecule has 112 valence electrons. The van der Waals surface area contributed by atoms with Gasteiger partial charge in [0.05, 0.1) is 12.1 Å². The van der Waals surface area contributed by atoms with Crippen LogP contribution in [0.2, 0.25) is 0 Å². The second-order valence-corrected chi connectivity index (χ2v) is 4.64. The third kappa shape index (κ3) is 3.31. The van der Waals surface area contributed by atoms with E-state index in [1.807, 2.05) is 0 Å². The van der Waals surface area contributed by atoms with E-state index >= 15 is 0 Å². The lowest BCUT2D eigenvalue weighted by Gasteiger charge is -2.20. The van der Waals surface area contributed by atoms with Crippen molar-refractivity contribution in [2.45, 2.75) is 18.5 Å². The van der Waals surface area contributed by atoms with Crippen molar-refractivity contribution in [2.24, 2.45) is 5.73 Å². The number of likely N-dealkylation sites (tertiary alicyclic amines) is 1. The van der Waals surface area contributed by atoms with Crippen molar-refractivity contribution in [3.63, 3.8) is 0 Å². The van der Waals surface area contributed by atoms with Gasteiger partial charge >= 0.3 is 5.97 Å². The molecule has 1 saturated heterocycles. The minimum Gasteiger partial charge on any atom is -0.480 e. The van der Waals surface area contributed by atoms with Crippen molar-refractivity contribution in [3.05, 3.63) is 24.3 Å². The number of hydrogen-bond acceptors (Lipinski definition) is 6. The van der Waals surface area contributed by atoms with Crippen molar-refractivity contribution >= 4 is 17.8 Å². The first kappa shape index (κ1) is 14.9. The van der Waals surface area contributed by atoms with Gasteiger partial charge in [-0.2, -0.15) is 0 Å². The lowest BCUT2D eigenvalue weighted by Crippen LogP contribution is -2.44. The summed E-state index contributed by atoms with van der Waals surface area (Å²) in [5.74, 6) is -1.98. The molecule has 0 aromatic carbocycles. The molecule has 1 aliphatic rings. The topological polar surface area (TPSA) is 139 Å². The maximum Gasteiger partial charge on any atom is 0.326 e. The van der Waals surface area contributed by atoms with E-state index in [4.69, 9.17) is 10.8 Å². The quantitative estimate of drug-likeness (QED) is 0.596. The van der Waals surface area contributed by atoms with Gasteiger partial charge in [-0.15, -0.1) is 0 Å². The van der Waals surface area contributed by atoms with Crippen LogP contribution in [0.15, 0.2) is 18.7 Å². The number of nitrogens with two attached hydrogens (primary N) is 1. The summed E-state index contributed by atoms with van der Waals surface area (Å²) in [6.07, 6.45) is 4.15. The Kier molecular flexibility index (Phi) is 4.43. The Balaban J connectivity index is 2.04. The first-order chi connectivity index (χ1) is 10.0. The summed E-state index contributed by atoms with van der Waals surface area (Å²) in [6, 6.07) is -1.42. The van der Waals surface area contributed by atoms with Crippen LogP contribution in [0.5, 0.6) is 0 Å². The van der Waals surface area contributed by atoms with Gasteiger partial charge in [0, 0.05) is 31.4 Å². The van der Waals surface area contributed by atoms with Gasteiger partial charge in [0.2, 0.25) is 5.91 Å². The van der Waals surface area contributed by atoms with E-state index in [1.165, 1.54) is 23.6 Å². The molecule has 4 N–H and O–H groups in total. The molecule has 1 fully saturated rings. The largest absolute Gasteiger partial charge is 0.480 e. The number of carbonyl (C=O) groups is 3. The van der Waals surface area contributed by atoms with E-state index < -0.39 is 29.9 Å². The van der Waals surface area contributed by atoms with Crippen LogP contribution in [-0.2, 0) is 9.59 Å². The standard InChI is InChI=1S/C12H15N5O4/c13-2-10(18)17-5-8(1-9(17)12(20)21)16-11(19)7-3-14-6-15-4-7/h3-4,6,8-9H,1-2,5,13H2,(H,16,19)(H,20,21)/t8-,9+/m1/s1. The molecule has 2 rings (SSSR count). The first-order valence-corrected chi connectivity index (χ1v) is 6.31. The average molecular weight is 293 g/mol. The Hall–Kier alpha value is -2.55. The number of nitrogens with zero attached hydrogens (tertiary/aromatic N) is 3. The Labute approximate surface area is 120 Å². The molecule has 0 bridgehead atoms. The molecule has 0 spiro atoms. The van der Waals surface area contributed by atoms with E-state index in [9.17, 15) is 14.4 Å². The summed E-state index contributed by atoms with van der Waals surface area (Å²) < 4.78 is 0. The highest BCUT2D eigenvalue weighted by atomic mass is 16.4. The fourth-order valence-electron chi connectivity index (χ4n) is 2.25. The third-order valence-electron chi connectivity index (χ3n) is 3.24. The normalized spacial score (nSPS) is 21.1. The van der Waals surface area contributed by atoms with Crippen molar-refractivity contribution in [3.8, 4) is 0 Å².